The van der Waals surface area contributed by atoms with E-state index < -0.39 is 0 Å². The molecule has 0 radical (unpaired) electrons. The highest BCUT2D eigenvalue weighted by Crippen LogP contribution is 2.22. The van der Waals surface area contributed by atoms with Gasteiger partial charge in [-0.25, -0.2) is 10.8 Å². The van der Waals surface area contributed by atoms with Crippen LogP contribution in [0.3, 0.4) is 0 Å². The molecule has 1 amide bonds. The maximum Gasteiger partial charge on any atom is 0.255 e. The molecule has 4 N–H and O–H groups in total. The van der Waals surface area contributed by atoms with E-state index >= 15 is 0 Å². The molecule has 2 heterocycles. The molecule has 0 unspecified atom stereocenters. The Morgan fingerprint density at radius 2 is 2.26 bits per heavy atom. The van der Waals surface area contributed by atoms with E-state index in [-0.39, 0.29) is 5.91 Å². The highest BCUT2D eigenvalue weighted by atomic mass is 79.9. The van der Waals surface area contributed by atoms with Crippen LogP contribution in [0.2, 0.25) is 0 Å². The monoisotopic (exact) mass is 344 g/mol. The number of nitrogen functional groups attached to an aromatic ring is 1. The van der Waals surface area contributed by atoms with Crippen LogP contribution >= 0.6 is 27.7 Å². The number of nitrogens with one attached hydrogen (secondary N) is 2. The van der Waals surface area contributed by atoms with Crippen molar-refractivity contribution >= 4 is 39.4 Å². The van der Waals surface area contributed by atoms with Crippen molar-refractivity contribution in [3.8, 4) is 0 Å². The van der Waals surface area contributed by atoms with Crippen molar-refractivity contribution in [3.63, 3.8) is 0 Å². The number of hydrogen-bond acceptors (Lipinski definition) is 5. The topological polar surface area (TPSA) is 80.0 Å². The average molecular weight is 345 g/mol. The molecule has 2 rings (SSSR count). The largest absolute Gasteiger partial charge is 0.352 e. The molecule has 5 nitrogen and oxygen atoms in total. The van der Waals surface area contributed by atoms with Crippen LogP contribution in [0.1, 0.15) is 23.2 Å². The molecule has 19 heavy (non-hydrogen) atoms. The zero-order chi connectivity index (χ0) is 13.7. The van der Waals surface area contributed by atoms with Crippen LogP contribution in [0.5, 0.6) is 0 Å². The van der Waals surface area contributed by atoms with Gasteiger partial charge in [0.25, 0.3) is 5.91 Å². The fourth-order valence-electron chi connectivity index (χ4n) is 2.01. The first-order valence-electron chi connectivity index (χ1n) is 6.19. The van der Waals surface area contributed by atoms with E-state index in [9.17, 15) is 4.79 Å². The molecule has 1 fully saturated rings. The zero-order valence-electron chi connectivity index (χ0n) is 10.5. The molecule has 7 heteroatoms. The lowest BCUT2D eigenvalue weighted by atomic mass is 10.0. The Bertz CT molecular complexity index is 451. The van der Waals surface area contributed by atoms with Crippen LogP contribution < -0.4 is 16.6 Å². The molecule has 1 aliphatic rings. The van der Waals surface area contributed by atoms with E-state index in [1.54, 1.807) is 12.3 Å². The van der Waals surface area contributed by atoms with Crippen molar-refractivity contribution in [2.24, 2.45) is 11.8 Å². The minimum atomic E-state index is -0.139. The number of amides is 1. The number of nitrogens with zero attached hydrogens (tertiary/aromatic N) is 1. The number of hydrazine groups is 1. The molecule has 0 aromatic carbocycles. The number of pyridine rings is 1. The van der Waals surface area contributed by atoms with Gasteiger partial charge in [0.05, 0.1) is 5.56 Å². The summed E-state index contributed by atoms with van der Waals surface area (Å²) in [5.74, 6) is 8.58. The standard InChI is InChI=1S/C12H17BrN4OS/c13-9-5-10(11(17-14)15-7-9)12(18)16-6-8-1-3-19-4-2-8/h5,7-8H,1-4,6,14H2,(H,15,17)(H,16,18). The van der Waals surface area contributed by atoms with Gasteiger partial charge in [-0.3, -0.25) is 4.79 Å². The van der Waals surface area contributed by atoms with Gasteiger partial charge in [-0.05, 0) is 52.3 Å². The highest BCUT2D eigenvalue weighted by Gasteiger charge is 2.17. The molecule has 0 spiro atoms. The number of carbonyl (C=O) groups is 1. The predicted molar refractivity (Wildman–Crippen MR) is 82.1 cm³/mol. The second-order valence-corrected chi connectivity index (χ2v) is 6.60. The second kappa shape index (κ2) is 7.12. The molecule has 1 aliphatic heterocycles. The summed E-state index contributed by atoms with van der Waals surface area (Å²) >= 11 is 5.29. The number of nitrogens with two attached hydrogens (primary N) is 1. The van der Waals surface area contributed by atoms with Crippen LogP contribution in [0.25, 0.3) is 0 Å². The van der Waals surface area contributed by atoms with Gasteiger partial charge in [-0.1, -0.05) is 0 Å². The normalized spacial score (nSPS) is 16.1. The lowest BCUT2D eigenvalue weighted by molar-refractivity contribution is 0.0947. The summed E-state index contributed by atoms with van der Waals surface area (Å²) in [6.45, 7) is 0.718. The number of aromatic nitrogens is 1. The lowest BCUT2D eigenvalue weighted by Gasteiger charge is -2.21. The third kappa shape index (κ3) is 4.09. The van der Waals surface area contributed by atoms with E-state index in [1.807, 2.05) is 11.8 Å². The molecule has 0 atom stereocenters. The average Bonchev–Trinajstić information content (AvgIpc) is 2.46. The maximum atomic E-state index is 12.1. The van der Waals surface area contributed by atoms with Gasteiger partial charge in [0.1, 0.15) is 0 Å². The summed E-state index contributed by atoms with van der Waals surface area (Å²) in [6, 6.07) is 1.72. The SMILES string of the molecule is NNc1ncc(Br)cc1C(=O)NCC1CCSCC1. The zero-order valence-corrected chi connectivity index (χ0v) is 12.9. The molecule has 0 bridgehead atoms. The third-order valence-electron chi connectivity index (χ3n) is 3.13. The molecule has 1 saturated heterocycles. The number of rotatable bonds is 4. The van der Waals surface area contributed by atoms with Crippen LogP contribution in [-0.2, 0) is 0 Å². The Kier molecular flexibility index (Phi) is 5.47. The fourth-order valence-corrected chi connectivity index (χ4v) is 3.55. The van der Waals surface area contributed by atoms with Gasteiger partial charge in [0.2, 0.25) is 0 Å². The molecule has 0 saturated carbocycles. The Morgan fingerprint density at radius 3 is 2.95 bits per heavy atom. The van der Waals surface area contributed by atoms with E-state index in [1.165, 1.54) is 24.3 Å². The van der Waals surface area contributed by atoms with Gasteiger partial charge >= 0.3 is 0 Å². The third-order valence-corrected chi connectivity index (χ3v) is 4.61. The fraction of sp³-hybridized carbons (Fsp3) is 0.500. The van der Waals surface area contributed by atoms with Crippen molar-refractivity contribution in [1.29, 1.82) is 0 Å². The Hall–Kier alpha value is -0.790. The van der Waals surface area contributed by atoms with E-state index in [2.05, 4.69) is 31.7 Å². The first kappa shape index (κ1) is 14.6. The van der Waals surface area contributed by atoms with Crippen LogP contribution in [0.4, 0.5) is 5.82 Å². The molecule has 1 aromatic rings. The summed E-state index contributed by atoms with van der Waals surface area (Å²) in [5.41, 5.74) is 2.91. The summed E-state index contributed by atoms with van der Waals surface area (Å²) in [5, 5.41) is 2.97. The number of halogens is 1. The number of thioether (sulfide) groups is 1. The van der Waals surface area contributed by atoms with Gasteiger partial charge < -0.3 is 10.7 Å². The van der Waals surface area contributed by atoms with Crippen molar-refractivity contribution in [3.05, 3.63) is 22.3 Å². The number of carbonyl (C=O) groups excluding carboxylic acids is 1. The predicted octanol–water partition coefficient (Wildman–Crippen LogP) is 2.00. The first-order chi connectivity index (χ1) is 9.20. The van der Waals surface area contributed by atoms with Crippen LogP contribution in [0, 0.1) is 5.92 Å². The Balaban J connectivity index is 1.97. The van der Waals surface area contributed by atoms with Gasteiger partial charge in [0, 0.05) is 17.2 Å². The van der Waals surface area contributed by atoms with E-state index in [0.29, 0.717) is 17.3 Å². The van der Waals surface area contributed by atoms with E-state index in [0.717, 1.165) is 11.0 Å². The summed E-state index contributed by atoms with van der Waals surface area (Å²) in [6.07, 6.45) is 3.94. The Labute approximate surface area is 125 Å². The van der Waals surface area contributed by atoms with Crippen molar-refractivity contribution in [2.75, 3.05) is 23.5 Å². The minimum Gasteiger partial charge on any atom is -0.352 e. The maximum absolute atomic E-state index is 12.1. The minimum absolute atomic E-state index is 0.139. The molecular weight excluding hydrogens is 328 g/mol. The Morgan fingerprint density at radius 1 is 1.53 bits per heavy atom. The molecular formula is C12H17BrN4OS. The quantitative estimate of drug-likeness (QED) is 0.575. The van der Waals surface area contributed by atoms with Gasteiger partial charge in [0.15, 0.2) is 5.82 Å². The number of hydrogen-bond donors (Lipinski definition) is 3. The van der Waals surface area contributed by atoms with Crippen LogP contribution in [0.15, 0.2) is 16.7 Å². The summed E-state index contributed by atoms with van der Waals surface area (Å²) in [4.78, 5) is 16.2. The summed E-state index contributed by atoms with van der Waals surface area (Å²) in [7, 11) is 0. The first-order valence-corrected chi connectivity index (χ1v) is 8.13. The van der Waals surface area contributed by atoms with E-state index in [4.69, 9.17) is 5.84 Å². The smallest absolute Gasteiger partial charge is 0.255 e. The van der Waals surface area contributed by atoms with Crippen molar-refractivity contribution in [2.45, 2.75) is 12.8 Å². The molecule has 0 aliphatic carbocycles. The van der Waals surface area contributed by atoms with Crippen LogP contribution in [-0.4, -0.2) is 28.9 Å². The van der Waals surface area contributed by atoms with Gasteiger partial charge in [-0.15, -0.1) is 0 Å². The lowest BCUT2D eigenvalue weighted by Crippen LogP contribution is -2.32. The van der Waals surface area contributed by atoms with Crippen molar-refractivity contribution in [1.82, 2.24) is 10.3 Å². The second-order valence-electron chi connectivity index (χ2n) is 4.46. The summed E-state index contributed by atoms with van der Waals surface area (Å²) < 4.78 is 0.755. The van der Waals surface area contributed by atoms with Crippen molar-refractivity contribution < 1.29 is 4.79 Å². The molecule has 1 aromatic heterocycles. The number of anilines is 1. The van der Waals surface area contributed by atoms with Gasteiger partial charge in [-0.2, -0.15) is 11.8 Å². The highest BCUT2D eigenvalue weighted by molar-refractivity contribution is 9.10. The molecule has 104 valence electrons.